The maximum Gasteiger partial charge on any atom is 0.127 e. The Bertz CT molecular complexity index is 599. The molecule has 0 amide bonds. The molecule has 0 saturated carbocycles. The van der Waals surface area contributed by atoms with Gasteiger partial charge in [0, 0.05) is 16.2 Å². The van der Waals surface area contributed by atoms with Crippen LogP contribution >= 0.6 is 15.9 Å². The van der Waals surface area contributed by atoms with Gasteiger partial charge in [-0.25, -0.2) is 4.98 Å². The smallest absolute Gasteiger partial charge is 0.127 e. The van der Waals surface area contributed by atoms with E-state index in [0.717, 1.165) is 21.3 Å². The molecule has 0 unspecified atom stereocenters. The molecule has 1 atom stereocenters. The van der Waals surface area contributed by atoms with E-state index in [1.54, 1.807) is 19.4 Å². The van der Waals surface area contributed by atoms with Crippen LogP contribution in [0.5, 0.6) is 5.75 Å². The van der Waals surface area contributed by atoms with Crippen molar-refractivity contribution in [2.45, 2.75) is 17.7 Å². The lowest BCUT2D eigenvalue weighted by Crippen LogP contribution is -2.01. The molecule has 0 radical (unpaired) electrons. The molecular formula is C14H14BrNO2S. The zero-order valence-electron chi connectivity index (χ0n) is 10.7. The fraction of sp³-hybridized carbons (Fsp3) is 0.214. The number of methoxy groups -OCH3 is 1. The summed E-state index contributed by atoms with van der Waals surface area (Å²) in [7, 11) is 0.436. The number of halogens is 1. The first kappa shape index (κ1) is 14.2. The third-order valence-corrected chi connectivity index (χ3v) is 4.42. The highest BCUT2D eigenvalue weighted by molar-refractivity contribution is 9.10. The quantitative estimate of drug-likeness (QED) is 0.856. The van der Waals surface area contributed by atoms with Crippen LogP contribution in [0.15, 0.2) is 46.0 Å². The molecule has 0 N–H and O–H groups in total. The van der Waals surface area contributed by atoms with Crippen LogP contribution < -0.4 is 4.74 Å². The van der Waals surface area contributed by atoms with Crippen molar-refractivity contribution in [1.29, 1.82) is 0 Å². The van der Waals surface area contributed by atoms with Crippen LogP contribution in [0, 0.1) is 6.92 Å². The molecule has 1 heterocycles. The highest BCUT2D eigenvalue weighted by atomic mass is 79.9. The molecule has 0 aliphatic rings. The van der Waals surface area contributed by atoms with Crippen LogP contribution in [-0.2, 0) is 16.6 Å². The van der Waals surface area contributed by atoms with Crippen molar-refractivity contribution >= 4 is 26.7 Å². The maximum atomic E-state index is 12.3. The molecular weight excluding hydrogens is 326 g/mol. The summed E-state index contributed by atoms with van der Waals surface area (Å²) in [5, 5.41) is 0.590. The summed E-state index contributed by atoms with van der Waals surface area (Å²) in [5.41, 5.74) is 1.96. The monoisotopic (exact) mass is 339 g/mol. The van der Waals surface area contributed by atoms with Gasteiger partial charge in [0.2, 0.25) is 0 Å². The number of ether oxygens (including phenoxy) is 1. The zero-order chi connectivity index (χ0) is 13.8. The first-order valence-electron chi connectivity index (χ1n) is 5.73. The lowest BCUT2D eigenvalue weighted by atomic mass is 10.2. The van der Waals surface area contributed by atoms with Gasteiger partial charge in [0.1, 0.15) is 10.8 Å². The molecule has 100 valence electrons. The van der Waals surface area contributed by atoms with E-state index in [4.69, 9.17) is 4.74 Å². The fourth-order valence-electron chi connectivity index (χ4n) is 1.66. The van der Waals surface area contributed by atoms with Crippen LogP contribution in [0.1, 0.15) is 11.1 Å². The molecule has 1 aromatic carbocycles. The van der Waals surface area contributed by atoms with Gasteiger partial charge < -0.3 is 4.74 Å². The third-order valence-electron chi connectivity index (χ3n) is 2.65. The average molecular weight is 340 g/mol. The number of rotatable bonds is 4. The molecule has 5 heteroatoms. The minimum Gasteiger partial charge on any atom is -0.496 e. The van der Waals surface area contributed by atoms with Gasteiger partial charge >= 0.3 is 0 Å². The van der Waals surface area contributed by atoms with Gasteiger partial charge in [0.15, 0.2) is 0 Å². The lowest BCUT2D eigenvalue weighted by Gasteiger charge is -2.08. The predicted molar refractivity (Wildman–Crippen MR) is 79.8 cm³/mol. The van der Waals surface area contributed by atoms with Crippen LogP contribution in [0.3, 0.4) is 0 Å². The van der Waals surface area contributed by atoms with Gasteiger partial charge in [-0.3, -0.25) is 4.21 Å². The van der Waals surface area contributed by atoms with Crippen molar-refractivity contribution in [1.82, 2.24) is 4.98 Å². The molecule has 0 aliphatic heterocycles. The minimum atomic E-state index is -1.17. The fourth-order valence-corrected chi connectivity index (χ4v) is 3.12. The van der Waals surface area contributed by atoms with E-state index < -0.39 is 10.8 Å². The van der Waals surface area contributed by atoms with Crippen molar-refractivity contribution in [2.75, 3.05) is 7.11 Å². The van der Waals surface area contributed by atoms with Gasteiger partial charge in [-0.15, -0.1) is 0 Å². The van der Waals surface area contributed by atoms with E-state index in [0.29, 0.717) is 10.8 Å². The molecule has 2 aromatic rings. The van der Waals surface area contributed by atoms with Gasteiger partial charge in [-0.1, -0.05) is 22.0 Å². The molecule has 0 fully saturated rings. The summed E-state index contributed by atoms with van der Waals surface area (Å²) in [5.74, 6) is 1.13. The third kappa shape index (κ3) is 3.64. The van der Waals surface area contributed by atoms with Crippen molar-refractivity contribution in [2.24, 2.45) is 0 Å². The number of nitrogens with zero attached hydrogens (tertiary/aromatic N) is 1. The molecule has 19 heavy (non-hydrogen) atoms. The highest BCUT2D eigenvalue weighted by Crippen LogP contribution is 2.25. The second-order valence-electron chi connectivity index (χ2n) is 4.12. The van der Waals surface area contributed by atoms with Gasteiger partial charge in [-0.2, -0.15) is 0 Å². The molecule has 0 saturated heterocycles. The number of aromatic nitrogens is 1. The summed E-state index contributed by atoms with van der Waals surface area (Å²) in [4.78, 5) is 4.20. The Morgan fingerprint density at radius 2 is 2.11 bits per heavy atom. The zero-order valence-corrected chi connectivity index (χ0v) is 13.1. The summed E-state index contributed by atoms with van der Waals surface area (Å²) >= 11 is 3.41. The van der Waals surface area contributed by atoms with E-state index in [-0.39, 0.29) is 0 Å². The van der Waals surface area contributed by atoms with Crippen molar-refractivity contribution in [3.05, 3.63) is 52.1 Å². The summed E-state index contributed by atoms with van der Waals surface area (Å²) in [6.07, 6.45) is 1.73. The van der Waals surface area contributed by atoms with Gasteiger partial charge in [0.25, 0.3) is 0 Å². The molecule has 3 nitrogen and oxygen atoms in total. The Kier molecular flexibility index (Phi) is 4.71. The Morgan fingerprint density at radius 1 is 1.32 bits per heavy atom. The average Bonchev–Trinajstić information content (AvgIpc) is 2.39. The SMILES string of the molecule is COc1ccc(Br)cc1C[S@](=O)c1ccc(C)cn1. The van der Waals surface area contributed by atoms with Crippen molar-refractivity contribution in [3.8, 4) is 5.75 Å². The van der Waals surface area contributed by atoms with Crippen molar-refractivity contribution in [3.63, 3.8) is 0 Å². The van der Waals surface area contributed by atoms with E-state index in [1.807, 2.05) is 31.2 Å². The normalized spacial score (nSPS) is 12.2. The number of pyridine rings is 1. The van der Waals surface area contributed by atoms with E-state index >= 15 is 0 Å². The number of hydrogen-bond donors (Lipinski definition) is 0. The molecule has 1 aromatic heterocycles. The van der Waals surface area contributed by atoms with Crippen LogP contribution in [-0.4, -0.2) is 16.3 Å². The molecule has 0 bridgehead atoms. The second-order valence-corrected chi connectivity index (χ2v) is 6.43. The first-order chi connectivity index (χ1) is 9.10. The standard InChI is InChI=1S/C14H14BrNO2S/c1-10-3-6-14(16-8-10)19(17)9-11-7-12(15)4-5-13(11)18-2/h3-8H,9H2,1-2H3/t19-/m0/s1. The van der Waals surface area contributed by atoms with Crippen LogP contribution in [0.4, 0.5) is 0 Å². The summed E-state index contributed by atoms with van der Waals surface area (Å²) in [6.45, 7) is 1.96. The van der Waals surface area contributed by atoms with Crippen molar-refractivity contribution < 1.29 is 8.95 Å². The second kappa shape index (κ2) is 6.30. The number of hydrogen-bond acceptors (Lipinski definition) is 3. The molecule has 0 aliphatic carbocycles. The van der Waals surface area contributed by atoms with Crippen LogP contribution in [0.2, 0.25) is 0 Å². The highest BCUT2D eigenvalue weighted by Gasteiger charge is 2.11. The Balaban J connectivity index is 2.23. The Morgan fingerprint density at radius 3 is 2.74 bits per heavy atom. The lowest BCUT2D eigenvalue weighted by molar-refractivity contribution is 0.411. The molecule has 0 spiro atoms. The first-order valence-corrected chi connectivity index (χ1v) is 7.85. The number of aryl methyl sites for hydroxylation is 1. The number of benzene rings is 1. The largest absolute Gasteiger partial charge is 0.496 e. The molecule has 2 rings (SSSR count). The predicted octanol–water partition coefficient (Wildman–Crippen LogP) is 3.47. The van der Waals surface area contributed by atoms with E-state index in [9.17, 15) is 4.21 Å². The van der Waals surface area contributed by atoms with Crippen LogP contribution in [0.25, 0.3) is 0 Å². The Labute approximate surface area is 123 Å². The van der Waals surface area contributed by atoms with Gasteiger partial charge in [0.05, 0.1) is 23.7 Å². The summed E-state index contributed by atoms with van der Waals surface area (Å²) in [6, 6.07) is 9.40. The van der Waals surface area contributed by atoms with Gasteiger partial charge in [-0.05, 0) is 36.8 Å². The summed E-state index contributed by atoms with van der Waals surface area (Å²) < 4.78 is 18.5. The van der Waals surface area contributed by atoms with E-state index in [2.05, 4.69) is 20.9 Å². The topological polar surface area (TPSA) is 39.2 Å². The minimum absolute atomic E-state index is 0.388. The maximum absolute atomic E-state index is 12.3. The Hall–Kier alpha value is -1.20. The van der Waals surface area contributed by atoms with E-state index in [1.165, 1.54) is 0 Å².